The molecule has 150 valence electrons. The van der Waals surface area contributed by atoms with Crippen molar-refractivity contribution < 1.29 is 17.6 Å². The van der Waals surface area contributed by atoms with Crippen LogP contribution in [-0.2, 0) is 16.6 Å². The van der Waals surface area contributed by atoms with Crippen LogP contribution in [-0.4, -0.2) is 20.9 Å². The van der Waals surface area contributed by atoms with Gasteiger partial charge in [-0.05, 0) is 61.0 Å². The first-order chi connectivity index (χ1) is 13.9. The number of halogens is 1. The molecule has 0 heterocycles. The second-order valence-corrected chi connectivity index (χ2v) is 8.20. The minimum absolute atomic E-state index is 0.196. The topological polar surface area (TPSA) is 66.5 Å². The molecule has 0 aromatic heterocycles. The SMILES string of the molecule is CCN(c1ccc(C(=O)NCc2cccc(F)c2)cc1)S(=O)(=O)c1ccccc1. The molecule has 3 aromatic carbocycles. The molecule has 1 N–H and O–H groups in total. The van der Waals surface area contributed by atoms with E-state index >= 15 is 0 Å². The zero-order chi connectivity index (χ0) is 20.9. The molecule has 3 aromatic rings. The molecule has 0 saturated carbocycles. The van der Waals surface area contributed by atoms with Gasteiger partial charge in [0.05, 0.1) is 10.6 Å². The molecule has 1 amide bonds. The standard InChI is InChI=1S/C22H21FN2O3S/c1-2-25(29(27,28)21-9-4-3-5-10-21)20-13-11-18(12-14-20)22(26)24-16-17-7-6-8-19(23)15-17/h3-15H,2,16H2,1H3,(H,24,26). The van der Waals surface area contributed by atoms with Crippen LogP contribution < -0.4 is 9.62 Å². The van der Waals surface area contributed by atoms with E-state index in [0.717, 1.165) is 0 Å². The smallest absolute Gasteiger partial charge is 0.264 e. The van der Waals surface area contributed by atoms with Crippen LogP contribution in [0.25, 0.3) is 0 Å². The van der Waals surface area contributed by atoms with Gasteiger partial charge in [0.25, 0.3) is 15.9 Å². The minimum Gasteiger partial charge on any atom is -0.348 e. The second kappa shape index (κ2) is 8.87. The highest BCUT2D eigenvalue weighted by Crippen LogP contribution is 2.23. The van der Waals surface area contributed by atoms with E-state index in [0.29, 0.717) is 16.8 Å². The number of anilines is 1. The maximum absolute atomic E-state index is 13.2. The molecule has 0 aliphatic carbocycles. The van der Waals surface area contributed by atoms with Gasteiger partial charge in [-0.1, -0.05) is 30.3 Å². The zero-order valence-corrected chi connectivity index (χ0v) is 16.7. The van der Waals surface area contributed by atoms with E-state index in [4.69, 9.17) is 0 Å². The van der Waals surface area contributed by atoms with Crippen LogP contribution in [0.15, 0.2) is 83.8 Å². The number of hydrogen-bond donors (Lipinski definition) is 1. The summed E-state index contributed by atoms with van der Waals surface area (Å²) in [5.41, 5.74) is 1.51. The summed E-state index contributed by atoms with van der Waals surface area (Å²) in [7, 11) is -3.69. The fraction of sp³-hybridized carbons (Fsp3) is 0.136. The van der Waals surface area contributed by atoms with Gasteiger partial charge in [0, 0.05) is 18.7 Å². The number of carbonyl (C=O) groups excluding carboxylic acids is 1. The van der Waals surface area contributed by atoms with Crippen molar-refractivity contribution in [2.45, 2.75) is 18.4 Å². The number of nitrogens with zero attached hydrogens (tertiary/aromatic N) is 1. The van der Waals surface area contributed by atoms with Gasteiger partial charge in [-0.25, -0.2) is 12.8 Å². The Balaban J connectivity index is 1.73. The fourth-order valence-corrected chi connectivity index (χ4v) is 4.42. The van der Waals surface area contributed by atoms with Crippen LogP contribution in [0.5, 0.6) is 0 Å². The van der Waals surface area contributed by atoms with Crippen molar-refractivity contribution in [1.82, 2.24) is 5.32 Å². The Morgan fingerprint density at radius 2 is 1.66 bits per heavy atom. The zero-order valence-electron chi connectivity index (χ0n) is 15.9. The summed E-state index contributed by atoms with van der Waals surface area (Å²) in [6.45, 7) is 2.20. The number of carbonyl (C=O) groups is 1. The monoisotopic (exact) mass is 412 g/mol. The van der Waals surface area contributed by atoms with Crippen LogP contribution >= 0.6 is 0 Å². The molecule has 0 atom stereocenters. The molecule has 0 saturated heterocycles. The third-order valence-corrected chi connectivity index (χ3v) is 6.30. The summed E-state index contributed by atoms with van der Waals surface area (Å²) >= 11 is 0. The highest BCUT2D eigenvalue weighted by molar-refractivity contribution is 7.92. The van der Waals surface area contributed by atoms with Crippen molar-refractivity contribution in [2.75, 3.05) is 10.8 Å². The molecule has 0 spiro atoms. The van der Waals surface area contributed by atoms with Gasteiger partial charge in [-0.3, -0.25) is 9.10 Å². The molecule has 5 nitrogen and oxygen atoms in total. The lowest BCUT2D eigenvalue weighted by atomic mass is 10.1. The van der Waals surface area contributed by atoms with Crippen molar-refractivity contribution in [1.29, 1.82) is 0 Å². The maximum Gasteiger partial charge on any atom is 0.264 e. The average Bonchev–Trinajstić information content (AvgIpc) is 2.73. The molecular weight excluding hydrogens is 391 g/mol. The molecule has 29 heavy (non-hydrogen) atoms. The second-order valence-electron chi connectivity index (χ2n) is 6.34. The molecule has 0 bridgehead atoms. The third kappa shape index (κ3) is 4.81. The first kappa shape index (κ1) is 20.5. The van der Waals surface area contributed by atoms with Gasteiger partial charge in [0.1, 0.15) is 5.82 Å². The van der Waals surface area contributed by atoms with E-state index in [9.17, 15) is 17.6 Å². The number of benzene rings is 3. The van der Waals surface area contributed by atoms with Crippen LogP contribution in [0, 0.1) is 5.82 Å². The maximum atomic E-state index is 13.2. The Morgan fingerprint density at radius 1 is 0.966 bits per heavy atom. The van der Waals surface area contributed by atoms with Crippen molar-refractivity contribution >= 4 is 21.6 Å². The van der Waals surface area contributed by atoms with Crippen LogP contribution in [0.1, 0.15) is 22.8 Å². The van der Waals surface area contributed by atoms with Crippen molar-refractivity contribution in [3.63, 3.8) is 0 Å². The number of sulfonamides is 1. The number of nitrogens with one attached hydrogen (secondary N) is 1. The fourth-order valence-electron chi connectivity index (χ4n) is 2.92. The molecule has 0 aliphatic rings. The first-order valence-electron chi connectivity index (χ1n) is 9.12. The summed E-state index contributed by atoms with van der Waals surface area (Å²) in [6, 6.07) is 20.5. The summed E-state index contributed by atoms with van der Waals surface area (Å²) in [4.78, 5) is 12.5. The molecule has 3 rings (SSSR count). The highest BCUT2D eigenvalue weighted by Gasteiger charge is 2.23. The van der Waals surface area contributed by atoms with E-state index in [1.165, 1.54) is 16.4 Å². The van der Waals surface area contributed by atoms with Gasteiger partial charge in [-0.15, -0.1) is 0 Å². The average molecular weight is 412 g/mol. The van der Waals surface area contributed by atoms with Gasteiger partial charge >= 0.3 is 0 Å². The predicted molar refractivity (Wildman–Crippen MR) is 111 cm³/mol. The molecule has 0 fully saturated rings. The lowest BCUT2D eigenvalue weighted by molar-refractivity contribution is 0.0951. The first-order valence-corrected chi connectivity index (χ1v) is 10.6. The molecule has 0 radical (unpaired) electrons. The van der Waals surface area contributed by atoms with Crippen molar-refractivity contribution in [3.05, 3.63) is 95.8 Å². The van der Waals surface area contributed by atoms with Crippen molar-refractivity contribution in [3.8, 4) is 0 Å². The molecule has 7 heteroatoms. The summed E-state index contributed by atoms with van der Waals surface area (Å²) in [5, 5.41) is 2.72. The molecule has 0 unspecified atom stereocenters. The van der Waals surface area contributed by atoms with Crippen molar-refractivity contribution in [2.24, 2.45) is 0 Å². The molecular formula is C22H21FN2O3S. The predicted octanol–water partition coefficient (Wildman–Crippen LogP) is 3.97. The summed E-state index contributed by atoms with van der Waals surface area (Å²) < 4.78 is 40.3. The van der Waals surface area contributed by atoms with Gasteiger partial charge in [0.15, 0.2) is 0 Å². The largest absolute Gasteiger partial charge is 0.348 e. The number of hydrogen-bond acceptors (Lipinski definition) is 3. The Bertz CT molecular complexity index is 1080. The normalized spacial score (nSPS) is 11.1. The minimum atomic E-state index is -3.69. The van der Waals surface area contributed by atoms with Crippen LogP contribution in [0.3, 0.4) is 0 Å². The van der Waals surface area contributed by atoms with E-state index in [1.54, 1.807) is 73.7 Å². The van der Waals surface area contributed by atoms with E-state index in [1.807, 2.05) is 0 Å². The Morgan fingerprint density at radius 3 is 2.28 bits per heavy atom. The number of rotatable bonds is 7. The van der Waals surface area contributed by atoms with E-state index in [-0.39, 0.29) is 29.7 Å². The third-order valence-electron chi connectivity index (χ3n) is 4.38. The Hall–Kier alpha value is -3.19. The lowest BCUT2D eigenvalue weighted by Crippen LogP contribution is -2.30. The van der Waals surface area contributed by atoms with Gasteiger partial charge in [-0.2, -0.15) is 0 Å². The Labute approximate surface area is 169 Å². The van der Waals surface area contributed by atoms with Crippen LogP contribution in [0.4, 0.5) is 10.1 Å². The number of amides is 1. The Kier molecular flexibility index (Phi) is 6.29. The van der Waals surface area contributed by atoms with E-state index in [2.05, 4.69) is 5.32 Å². The van der Waals surface area contributed by atoms with Gasteiger partial charge < -0.3 is 5.32 Å². The summed E-state index contributed by atoms with van der Waals surface area (Å²) in [6.07, 6.45) is 0. The summed E-state index contributed by atoms with van der Waals surface area (Å²) in [5.74, 6) is -0.685. The molecule has 0 aliphatic heterocycles. The highest BCUT2D eigenvalue weighted by atomic mass is 32.2. The lowest BCUT2D eigenvalue weighted by Gasteiger charge is -2.23. The quantitative estimate of drug-likeness (QED) is 0.639. The van der Waals surface area contributed by atoms with Gasteiger partial charge in [0.2, 0.25) is 0 Å². The van der Waals surface area contributed by atoms with E-state index < -0.39 is 10.0 Å². The van der Waals surface area contributed by atoms with Crippen LogP contribution in [0.2, 0.25) is 0 Å².